The van der Waals surface area contributed by atoms with Gasteiger partial charge in [-0.05, 0) is 55.4 Å². The molecule has 1 saturated heterocycles. The van der Waals surface area contributed by atoms with Gasteiger partial charge in [-0.25, -0.2) is 0 Å². The van der Waals surface area contributed by atoms with Crippen LogP contribution in [-0.2, 0) is 7.05 Å². The monoisotopic (exact) mass is 364 g/mol. The molecule has 4 rings (SSSR count). The molecule has 2 unspecified atom stereocenters. The Labute approximate surface area is 160 Å². The molecule has 0 saturated carbocycles. The molecule has 3 aromatic rings. The maximum absolute atomic E-state index is 4.90. The van der Waals surface area contributed by atoms with Gasteiger partial charge in [-0.15, -0.1) is 0 Å². The van der Waals surface area contributed by atoms with Crippen molar-refractivity contribution in [2.75, 3.05) is 23.3 Å². The zero-order valence-corrected chi connectivity index (χ0v) is 16.8. The van der Waals surface area contributed by atoms with Gasteiger partial charge in [-0.3, -0.25) is 4.68 Å². The smallest absolute Gasteiger partial charge is 0.229 e. The molecule has 3 heterocycles. The van der Waals surface area contributed by atoms with Gasteiger partial charge in [0.1, 0.15) is 5.82 Å². The number of aromatic nitrogens is 4. The lowest BCUT2D eigenvalue weighted by Crippen LogP contribution is -2.39. The Balaban J connectivity index is 1.76. The SMILES string of the molecule is Cc1ccc(Nc2nc(N3CC(C)CC(C)C3)nc3c2cnn3C)cc1C. The van der Waals surface area contributed by atoms with Gasteiger partial charge < -0.3 is 10.2 Å². The van der Waals surface area contributed by atoms with E-state index >= 15 is 0 Å². The number of aryl methyl sites for hydroxylation is 3. The second-order valence-electron chi connectivity index (χ2n) is 8.15. The molecule has 6 heteroatoms. The minimum atomic E-state index is 0.649. The van der Waals surface area contributed by atoms with E-state index in [1.54, 1.807) is 0 Å². The van der Waals surface area contributed by atoms with Crippen molar-refractivity contribution in [3.05, 3.63) is 35.5 Å². The summed E-state index contributed by atoms with van der Waals surface area (Å²) in [7, 11) is 1.93. The highest BCUT2D eigenvalue weighted by Crippen LogP contribution is 2.29. The second-order valence-corrected chi connectivity index (χ2v) is 8.15. The molecule has 1 N–H and O–H groups in total. The number of anilines is 3. The van der Waals surface area contributed by atoms with Crippen LogP contribution in [0, 0.1) is 25.7 Å². The van der Waals surface area contributed by atoms with Crippen molar-refractivity contribution in [3.8, 4) is 0 Å². The van der Waals surface area contributed by atoms with Crippen molar-refractivity contribution in [2.24, 2.45) is 18.9 Å². The number of piperidine rings is 1. The van der Waals surface area contributed by atoms with Crippen molar-refractivity contribution in [1.82, 2.24) is 19.7 Å². The highest BCUT2D eigenvalue weighted by atomic mass is 15.3. The topological polar surface area (TPSA) is 58.9 Å². The van der Waals surface area contributed by atoms with E-state index in [4.69, 9.17) is 9.97 Å². The first-order valence-electron chi connectivity index (χ1n) is 9.69. The van der Waals surface area contributed by atoms with E-state index in [0.29, 0.717) is 11.8 Å². The van der Waals surface area contributed by atoms with E-state index in [-0.39, 0.29) is 0 Å². The highest BCUT2D eigenvalue weighted by molar-refractivity contribution is 5.89. The van der Waals surface area contributed by atoms with Gasteiger partial charge in [-0.2, -0.15) is 15.1 Å². The van der Waals surface area contributed by atoms with Crippen molar-refractivity contribution in [1.29, 1.82) is 0 Å². The van der Waals surface area contributed by atoms with Crippen molar-refractivity contribution < 1.29 is 0 Å². The van der Waals surface area contributed by atoms with Crippen LogP contribution in [0.3, 0.4) is 0 Å². The maximum Gasteiger partial charge on any atom is 0.229 e. The van der Waals surface area contributed by atoms with Crippen LogP contribution >= 0.6 is 0 Å². The summed E-state index contributed by atoms with van der Waals surface area (Å²) in [6.45, 7) is 10.9. The zero-order chi connectivity index (χ0) is 19.1. The van der Waals surface area contributed by atoms with Crippen LogP contribution in [0.4, 0.5) is 17.5 Å². The molecular formula is C21H28N6. The molecule has 0 aliphatic carbocycles. The second kappa shape index (κ2) is 6.83. The summed E-state index contributed by atoms with van der Waals surface area (Å²) in [4.78, 5) is 12.1. The van der Waals surface area contributed by atoms with Crippen LogP contribution in [0.1, 0.15) is 31.4 Å². The van der Waals surface area contributed by atoms with E-state index in [9.17, 15) is 0 Å². The molecule has 2 aromatic heterocycles. The standard InChI is InChI=1S/C21H28N6/c1-13-8-14(2)12-27(11-13)21-24-19(18-10-22-26(5)20(18)25-21)23-17-7-6-15(3)16(4)9-17/h6-7,9-10,13-14H,8,11-12H2,1-5H3,(H,23,24,25). The lowest BCUT2D eigenvalue weighted by molar-refractivity contribution is 0.354. The van der Waals surface area contributed by atoms with Gasteiger partial charge in [0.15, 0.2) is 5.65 Å². The first kappa shape index (κ1) is 17.8. The summed E-state index contributed by atoms with van der Waals surface area (Å²) < 4.78 is 1.82. The molecule has 1 aliphatic heterocycles. The minimum Gasteiger partial charge on any atom is -0.340 e. The third kappa shape index (κ3) is 3.48. The average Bonchev–Trinajstić information content (AvgIpc) is 2.99. The Morgan fingerprint density at radius 3 is 2.48 bits per heavy atom. The van der Waals surface area contributed by atoms with Crippen LogP contribution in [0.15, 0.2) is 24.4 Å². The van der Waals surface area contributed by atoms with Gasteiger partial charge in [0.05, 0.1) is 11.6 Å². The molecule has 0 radical (unpaired) electrons. The van der Waals surface area contributed by atoms with Crippen LogP contribution in [0.25, 0.3) is 11.0 Å². The quantitative estimate of drug-likeness (QED) is 0.754. The Bertz CT molecular complexity index is 966. The summed E-state index contributed by atoms with van der Waals surface area (Å²) in [5.74, 6) is 2.90. The fraction of sp³-hybridized carbons (Fsp3) is 0.476. The summed E-state index contributed by atoms with van der Waals surface area (Å²) in [6, 6.07) is 6.38. The first-order valence-corrected chi connectivity index (χ1v) is 9.69. The molecule has 1 aromatic carbocycles. The lowest BCUT2D eigenvalue weighted by atomic mass is 9.92. The van der Waals surface area contributed by atoms with Crippen LogP contribution in [0.5, 0.6) is 0 Å². The molecule has 142 valence electrons. The van der Waals surface area contributed by atoms with Crippen LogP contribution in [-0.4, -0.2) is 32.8 Å². The molecule has 0 bridgehead atoms. The predicted molar refractivity (Wildman–Crippen MR) is 111 cm³/mol. The van der Waals surface area contributed by atoms with Crippen LogP contribution < -0.4 is 10.2 Å². The Kier molecular flexibility index (Phi) is 4.50. The van der Waals surface area contributed by atoms with E-state index < -0.39 is 0 Å². The van der Waals surface area contributed by atoms with E-state index in [1.807, 2.05) is 17.9 Å². The number of benzene rings is 1. The summed E-state index contributed by atoms with van der Waals surface area (Å²) >= 11 is 0. The van der Waals surface area contributed by atoms with Gasteiger partial charge in [-0.1, -0.05) is 19.9 Å². The molecule has 27 heavy (non-hydrogen) atoms. The number of hydrogen-bond donors (Lipinski definition) is 1. The summed E-state index contributed by atoms with van der Waals surface area (Å²) in [6.07, 6.45) is 3.10. The lowest BCUT2D eigenvalue weighted by Gasteiger charge is -2.35. The summed E-state index contributed by atoms with van der Waals surface area (Å²) in [5.41, 5.74) is 4.44. The zero-order valence-electron chi connectivity index (χ0n) is 16.8. The van der Waals surface area contributed by atoms with Crippen molar-refractivity contribution in [2.45, 2.75) is 34.1 Å². The maximum atomic E-state index is 4.90. The fourth-order valence-corrected chi connectivity index (χ4v) is 4.03. The Morgan fingerprint density at radius 1 is 1.04 bits per heavy atom. The molecule has 2 atom stereocenters. The van der Waals surface area contributed by atoms with Crippen molar-refractivity contribution >= 4 is 28.5 Å². The first-order chi connectivity index (χ1) is 12.9. The number of nitrogens with zero attached hydrogens (tertiary/aromatic N) is 5. The highest BCUT2D eigenvalue weighted by Gasteiger charge is 2.25. The Morgan fingerprint density at radius 2 is 1.78 bits per heavy atom. The van der Waals surface area contributed by atoms with Gasteiger partial charge in [0, 0.05) is 25.8 Å². The molecule has 0 amide bonds. The van der Waals surface area contributed by atoms with E-state index in [2.05, 4.69) is 61.2 Å². The summed E-state index contributed by atoms with van der Waals surface area (Å²) in [5, 5.41) is 8.84. The van der Waals surface area contributed by atoms with Gasteiger partial charge in [0.2, 0.25) is 5.95 Å². The number of rotatable bonds is 3. The third-order valence-electron chi connectivity index (χ3n) is 5.50. The number of nitrogens with one attached hydrogen (secondary N) is 1. The number of fused-ring (bicyclic) bond motifs is 1. The average molecular weight is 364 g/mol. The predicted octanol–water partition coefficient (Wildman–Crippen LogP) is 4.21. The van der Waals surface area contributed by atoms with Gasteiger partial charge in [0.25, 0.3) is 0 Å². The molecule has 1 fully saturated rings. The Hall–Kier alpha value is -2.63. The molecule has 0 spiro atoms. The minimum absolute atomic E-state index is 0.649. The largest absolute Gasteiger partial charge is 0.340 e. The molecular weight excluding hydrogens is 336 g/mol. The number of hydrogen-bond acceptors (Lipinski definition) is 5. The normalized spacial score (nSPS) is 20.3. The third-order valence-corrected chi connectivity index (χ3v) is 5.50. The molecule has 1 aliphatic rings. The van der Waals surface area contributed by atoms with Gasteiger partial charge >= 0.3 is 0 Å². The van der Waals surface area contributed by atoms with Crippen LogP contribution in [0.2, 0.25) is 0 Å². The van der Waals surface area contributed by atoms with E-state index in [1.165, 1.54) is 17.5 Å². The fourth-order valence-electron chi connectivity index (χ4n) is 4.03. The van der Waals surface area contributed by atoms with E-state index in [0.717, 1.165) is 41.6 Å². The van der Waals surface area contributed by atoms with Crippen molar-refractivity contribution in [3.63, 3.8) is 0 Å². The molecule has 6 nitrogen and oxygen atoms in total.